The summed E-state index contributed by atoms with van der Waals surface area (Å²) in [5.41, 5.74) is 0.941. The van der Waals surface area contributed by atoms with Crippen LogP contribution in [0.2, 0.25) is 5.02 Å². The van der Waals surface area contributed by atoms with Gasteiger partial charge in [-0.25, -0.2) is 13.4 Å². The molecule has 0 aliphatic rings. The third-order valence-corrected chi connectivity index (χ3v) is 7.33. The number of nitrogens with one attached hydrogen (secondary N) is 2. The van der Waals surface area contributed by atoms with Crippen LogP contribution in [0, 0.1) is 0 Å². The van der Waals surface area contributed by atoms with Crippen molar-refractivity contribution in [3.8, 4) is 0 Å². The summed E-state index contributed by atoms with van der Waals surface area (Å²) in [6.45, 7) is -0.386. The van der Waals surface area contributed by atoms with Crippen LogP contribution >= 0.6 is 22.9 Å². The number of H-pyrrole nitrogens is 1. The van der Waals surface area contributed by atoms with Crippen LogP contribution in [0.1, 0.15) is 0 Å². The molecule has 11 heteroatoms. The average Bonchev–Trinajstić information content (AvgIpc) is 3.08. The number of pyridine rings is 1. The second kappa shape index (κ2) is 7.80. The number of anilines is 1. The Bertz CT molecular complexity index is 1450. The zero-order valence-corrected chi connectivity index (χ0v) is 17.9. The summed E-state index contributed by atoms with van der Waals surface area (Å²) in [5.74, 6) is -0.517. The molecule has 0 aliphatic heterocycles. The van der Waals surface area contributed by atoms with Crippen molar-refractivity contribution in [1.82, 2.24) is 14.3 Å². The van der Waals surface area contributed by atoms with E-state index in [4.69, 9.17) is 11.6 Å². The van der Waals surface area contributed by atoms with Crippen LogP contribution in [0.5, 0.6) is 0 Å². The van der Waals surface area contributed by atoms with Crippen LogP contribution < -0.4 is 10.9 Å². The number of thiazole rings is 1. The van der Waals surface area contributed by atoms with E-state index in [0.717, 1.165) is 9.01 Å². The number of benzene rings is 2. The van der Waals surface area contributed by atoms with Crippen LogP contribution in [-0.2, 0) is 14.8 Å². The summed E-state index contributed by atoms with van der Waals surface area (Å²) >= 11 is 7.20. The van der Waals surface area contributed by atoms with E-state index in [-0.39, 0.29) is 17.0 Å². The predicted octanol–water partition coefficient (Wildman–Crippen LogP) is 3.05. The van der Waals surface area contributed by atoms with Gasteiger partial charge in [-0.05, 0) is 47.9 Å². The lowest BCUT2D eigenvalue weighted by molar-refractivity contribution is -0.116. The monoisotopic (exact) mass is 462 g/mol. The van der Waals surface area contributed by atoms with Crippen molar-refractivity contribution in [2.45, 2.75) is 4.90 Å². The molecule has 0 bridgehead atoms. The Kier molecular flexibility index (Phi) is 5.33. The van der Waals surface area contributed by atoms with Gasteiger partial charge < -0.3 is 10.3 Å². The van der Waals surface area contributed by atoms with E-state index >= 15 is 0 Å². The zero-order valence-electron chi connectivity index (χ0n) is 15.5. The molecule has 4 aromatic rings. The highest BCUT2D eigenvalue weighted by Gasteiger charge is 2.23. The van der Waals surface area contributed by atoms with Crippen LogP contribution in [0.25, 0.3) is 21.1 Å². The van der Waals surface area contributed by atoms with Crippen LogP contribution in [-0.4, -0.2) is 42.2 Å². The Balaban J connectivity index is 1.51. The number of aromatic amines is 1. The van der Waals surface area contributed by atoms with Gasteiger partial charge in [0.2, 0.25) is 21.5 Å². The number of hydrogen-bond donors (Lipinski definition) is 2. The molecule has 0 atom stereocenters. The van der Waals surface area contributed by atoms with Crippen LogP contribution in [0.3, 0.4) is 0 Å². The second-order valence-electron chi connectivity index (χ2n) is 6.51. The van der Waals surface area contributed by atoms with Crippen molar-refractivity contribution >= 4 is 65.1 Å². The molecule has 0 unspecified atom stereocenters. The quantitative estimate of drug-likeness (QED) is 0.473. The van der Waals surface area contributed by atoms with Crippen molar-refractivity contribution in [2.75, 3.05) is 18.9 Å². The molecule has 0 saturated carbocycles. The first-order chi connectivity index (χ1) is 14.2. The van der Waals surface area contributed by atoms with Gasteiger partial charge in [-0.15, -0.1) is 0 Å². The number of carbonyl (C=O) groups is 1. The summed E-state index contributed by atoms with van der Waals surface area (Å²) in [5, 5.41) is 4.11. The third-order valence-electron chi connectivity index (χ3n) is 4.37. The molecular weight excluding hydrogens is 448 g/mol. The van der Waals surface area contributed by atoms with Gasteiger partial charge in [0.1, 0.15) is 0 Å². The molecule has 2 aromatic heterocycles. The zero-order chi connectivity index (χ0) is 21.5. The minimum absolute atomic E-state index is 0.0203. The highest BCUT2D eigenvalue weighted by Crippen LogP contribution is 2.28. The summed E-state index contributed by atoms with van der Waals surface area (Å²) in [7, 11) is -2.59. The number of rotatable bonds is 5. The largest absolute Gasteiger partial charge is 0.322 e. The van der Waals surface area contributed by atoms with Crippen molar-refractivity contribution in [1.29, 1.82) is 0 Å². The second-order valence-corrected chi connectivity index (χ2v) is 10.0. The topological polar surface area (TPSA) is 112 Å². The minimum atomic E-state index is -3.91. The van der Waals surface area contributed by atoms with E-state index in [2.05, 4.69) is 15.3 Å². The molecule has 0 spiro atoms. The molecular formula is C19H15ClN4O4S2. The number of aromatic nitrogens is 2. The normalized spacial score (nSPS) is 12.0. The molecule has 8 nitrogen and oxygen atoms in total. The molecule has 0 saturated heterocycles. The number of sulfonamides is 1. The lowest BCUT2D eigenvalue weighted by Gasteiger charge is -2.16. The van der Waals surface area contributed by atoms with E-state index in [0.29, 0.717) is 26.6 Å². The van der Waals surface area contributed by atoms with E-state index in [1.807, 2.05) is 0 Å². The lowest BCUT2D eigenvalue weighted by Crippen LogP contribution is -2.34. The molecule has 1 amide bonds. The number of carbonyl (C=O) groups excluding carboxylic acids is 1. The number of nitrogens with zero attached hydrogens (tertiary/aromatic N) is 2. The lowest BCUT2D eigenvalue weighted by atomic mass is 10.2. The maximum Gasteiger partial charge on any atom is 0.248 e. The van der Waals surface area contributed by atoms with Gasteiger partial charge in [0.15, 0.2) is 5.13 Å². The smallest absolute Gasteiger partial charge is 0.248 e. The number of halogens is 1. The Morgan fingerprint density at radius 1 is 1.20 bits per heavy atom. The Morgan fingerprint density at radius 3 is 2.80 bits per heavy atom. The summed E-state index contributed by atoms with van der Waals surface area (Å²) in [6, 6.07) is 12.4. The Hall–Kier alpha value is -2.79. The van der Waals surface area contributed by atoms with Crippen molar-refractivity contribution < 1.29 is 13.2 Å². The first-order valence-corrected chi connectivity index (χ1v) is 11.3. The summed E-state index contributed by atoms with van der Waals surface area (Å²) in [6.07, 6.45) is 0. The number of fused-ring (bicyclic) bond motifs is 2. The van der Waals surface area contributed by atoms with Gasteiger partial charge in [-0.2, -0.15) is 4.31 Å². The third kappa shape index (κ3) is 4.08. The minimum Gasteiger partial charge on any atom is -0.322 e. The molecule has 2 N–H and O–H groups in total. The molecule has 0 radical (unpaired) electrons. The highest BCUT2D eigenvalue weighted by atomic mass is 35.5. The first kappa shape index (κ1) is 20.5. The fourth-order valence-electron chi connectivity index (χ4n) is 2.87. The van der Waals surface area contributed by atoms with Gasteiger partial charge in [-0.1, -0.05) is 22.9 Å². The van der Waals surface area contributed by atoms with Gasteiger partial charge in [0.25, 0.3) is 0 Å². The SMILES string of the molecule is CN(CC(=O)Nc1nc2ccc(Cl)cc2s1)S(=O)(=O)c1ccc2[nH]c(=O)ccc2c1. The number of likely N-dealkylation sites (N-methyl/N-ethyl adjacent to an activating group) is 1. The molecule has 4 rings (SSSR count). The fraction of sp³-hybridized carbons (Fsp3) is 0.105. The molecule has 0 aliphatic carbocycles. The van der Waals surface area contributed by atoms with Gasteiger partial charge >= 0.3 is 0 Å². The highest BCUT2D eigenvalue weighted by molar-refractivity contribution is 7.89. The van der Waals surface area contributed by atoms with E-state index in [1.54, 1.807) is 24.3 Å². The number of hydrogen-bond acceptors (Lipinski definition) is 6. The Labute approximate surface area is 180 Å². The molecule has 2 aromatic carbocycles. The van der Waals surface area contributed by atoms with Gasteiger partial charge in [0.05, 0.1) is 21.7 Å². The van der Waals surface area contributed by atoms with Gasteiger partial charge in [-0.3, -0.25) is 9.59 Å². The van der Waals surface area contributed by atoms with E-state index in [1.165, 1.54) is 42.6 Å². The summed E-state index contributed by atoms with van der Waals surface area (Å²) < 4.78 is 27.5. The Morgan fingerprint density at radius 2 is 2.00 bits per heavy atom. The van der Waals surface area contributed by atoms with E-state index in [9.17, 15) is 18.0 Å². The first-order valence-electron chi connectivity index (χ1n) is 8.68. The molecule has 30 heavy (non-hydrogen) atoms. The maximum absolute atomic E-state index is 12.9. The standard InChI is InChI=1S/C19H15ClN4O4S2/c1-24(10-18(26)23-19-22-15-5-3-12(20)9-16(15)29-19)30(27,28)13-4-6-14-11(8-13)2-7-17(25)21-14/h2-9H,10H2,1H3,(H,21,25)(H,22,23,26). The average molecular weight is 463 g/mol. The van der Waals surface area contributed by atoms with Crippen molar-refractivity contribution in [2.24, 2.45) is 0 Å². The van der Waals surface area contributed by atoms with Crippen LogP contribution in [0.15, 0.2) is 58.2 Å². The predicted molar refractivity (Wildman–Crippen MR) is 118 cm³/mol. The van der Waals surface area contributed by atoms with Crippen LogP contribution in [0.4, 0.5) is 5.13 Å². The van der Waals surface area contributed by atoms with Crippen molar-refractivity contribution in [3.05, 3.63) is 63.9 Å². The van der Waals surface area contributed by atoms with Crippen molar-refractivity contribution in [3.63, 3.8) is 0 Å². The molecule has 0 fully saturated rings. The summed E-state index contributed by atoms with van der Waals surface area (Å²) in [4.78, 5) is 30.7. The molecule has 154 valence electrons. The fourth-order valence-corrected chi connectivity index (χ4v) is 5.19. The number of amides is 1. The molecule has 2 heterocycles. The van der Waals surface area contributed by atoms with E-state index < -0.39 is 15.9 Å². The van der Waals surface area contributed by atoms with Gasteiger partial charge in [0, 0.05) is 23.7 Å². The maximum atomic E-state index is 12.9.